The lowest BCUT2D eigenvalue weighted by atomic mass is 9.95. The molecule has 2 atom stereocenters. The zero-order valence-corrected chi connectivity index (χ0v) is 12.7. The third-order valence-electron chi connectivity index (χ3n) is 3.77. The summed E-state index contributed by atoms with van der Waals surface area (Å²) in [4.78, 5) is 14.2. The van der Waals surface area contributed by atoms with Gasteiger partial charge in [-0.2, -0.15) is 0 Å². The van der Waals surface area contributed by atoms with E-state index < -0.39 is 0 Å². The molecule has 1 saturated heterocycles. The fourth-order valence-electron chi connectivity index (χ4n) is 2.46. The predicted molar refractivity (Wildman–Crippen MR) is 85.1 cm³/mol. The highest BCUT2D eigenvalue weighted by Crippen LogP contribution is 2.15. The number of likely N-dealkylation sites (tertiary alicyclic amines) is 1. The number of amides is 1. The van der Waals surface area contributed by atoms with Crippen LogP contribution in [0.1, 0.15) is 19.8 Å². The van der Waals surface area contributed by atoms with Crippen LogP contribution in [0, 0.1) is 5.92 Å². The maximum absolute atomic E-state index is 11.8. The molecule has 1 heterocycles. The number of halogens is 1. The zero-order valence-electron chi connectivity index (χ0n) is 11.9. The number of hydrogen-bond donors (Lipinski definition) is 2. The molecular formula is C15H24ClN3O. The van der Waals surface area contributed by atoms with Gasteiger partial charge in [-0.25, -0.2) is 0 Å². The number of nitrogens with two attached hydrogens (primary N) is 1. The first-order chi connectivity index (χ1) is 9.15. The summed E-state index contributed by atoms with van der Waals surface area (Å²) in [6.07, 6.45) is 1.57. The average Bonchev–Trinajstić information content (AvgIpc) is 2.41. The minimum absolute atomic E-state index is 0. The van der Waals surface area contributed by atoms with Gasteiger partial charge in [-0.15, -0.1) is 12.4 Å². The molecule has 1 aromatic carbocycles. The summed E-state index contributed by atoms with van der Waals surface area (Å²) in [6, 6.07) is 9.90. The average molecular weight is 298 g/mol. The molecule has 1 aliphatic rings. The molecule has 5 heteroatoms. The van der Waals surface area contributed by atoms with E-state index in [4.69, 9.17) is 5.73 Å². The number of nitrogens with one attached hydrogen (secondary N) is 1. The summed E-state index contributed by atoms with van der Waals surface area (Å²) < 4.78 is 0. The molecule has 112 valence electrons. The fourth-order valence-corrected chi connectivity index (χ4v) is 2.46. The molecule has 0 spiro atoms. The number of piperidine rings is 1. The molecule has 0 bridgehead atoms. The van der Waals surface area contributed by atoms with Crippen molar-refractivity contribution in [1.82, 2.24) is 4.90 Å². The van der Waals surface area contributed by atoms with E-state index in [0.717, 1.165) is 31.7 Å². The van der Waals surface area contributed by atoms with E-state index in [-0.39, 0.29) is 18.3 Å². The summed E-state index contributed by atoms with van der Waals surface area (Å²) >= 11 is 0. The number of anilines is 1. The molecular weight excluding hydrogens is 274 g/mol. The third-order valence-corrected chi connectivity index (χ3v) is 3.77. The molecule has 0 aliphatic carbocycles. The molecule has 0 aromatic heterocycles. The molecule has 1 fully saturated rings. The monoisotopic (exact) mass is 297 g/mol. The summed E-state index contributed by atoms with van der Waals surface area (Å²) in [6.45, 7) is 5.00. The van der Waals surface area contributed by atoms with Crippen molar-refractivity contribution in [3.63, 3.8) is 0 Å². The summed E-state index contributed by atoms with van der Waals surface area (Å²) in [5.41, 5.74) is 6.86. The smallest absolute Gasteiger partial charge is 0.225 e. The van der Waals surface area contributed by atoms with Crippen molar-refractivity contribution in [3.8, 4) is 0 Å². The van der Waals surface area contributed by atoms with Crippen molar-refractivity contribution in [2.45, 2.75) is 25.8 Å². The molecule has 3 N–H and O–H groups in total. The number of carbonyl (C=O) groups excluding carboxylic acids is 1. The molecule has 0 saturated carbocycles. The van der Waals surface area contributed by atoms with Gasteiger partial charge >= 0.3 is 0 Å². The first-order valence-electron chi connectivity index (χ1n) is 6.98. The van der Waals surface area contributed by atoms with Crippen LogP contribution in [0.4, 0.5) is 5.69 Å². The Bertz CT molecular complexity index is 413. The van der Waals surface area contributed by atoms with Gasteiger partial charge in [0.1, 0.15) is 0 Å². The van der Waals surface area contributed by atoms with Gasteiger partial charge in [0.25, 0.3) is 0 Å². The Kier molecular flexibility index (Phi) is 6.99. The Morgan fingerprint density at radius 3 is 2.75 bits per heavy atom. The first-order valence-corrected chi connectivity index (χ1v) is 6.98. The molecule has 1 aliphatic heterocycles. The minimum atomic E-state index is 0. The van der Waals surface area contributed by atoms with Gasteiger partial charge in [-0.3, -0.25) is 4.79 Å². The van der Waals surface area contributed by atoms with Crippen LogP contribution >= 0.6 is 12.4 Å². The quantitative estimate of drug-likeness (QED) is 0.895. The van der Waals surface area contributed by atoms with Gasteiger partial charge in [0.15, 0.2) is 0 Å². The van der Waals surface area contributed by atoms with Gasteiger partial charge in [-0.05, 0) is 31.0 Å². The maximum atomic E-state index is 11.8. The maximum Gasteiger partial charge on any atom is 0.225 e. The summed E-state index contributed by atoms with van der Waals surface area (Å²) in [5.74, 6) is 0.597. The van der Waals surface area contributed by atoms with E-state index >= 15 is 0 Å². The summed E-state index contributed by atoms with van der Waals surface area (Å²) in [7, 11) is 0. The topological polar surface area (TPSA) is 58.4 Å². The van der Waals surface area contributed by atoms with E-state index in [9.17, 15) is 4.79 Å². The van der Waals surface area contributed by atoms with Crippen LogP contribution in [0.3, 0.4) is 0 Å². The second-order valence-corrected chi connectivity index (χ2v) is 5.39. The van der Waals surface area contributed by atoms with Crippen molar-refractivity contribution in [2.24, 2.45) is 11.7 Å². The number of hydrogen-bond acceptors (Lipinski definition) is 3. The highest BCUT2D eigenvalue weighted by Gasteiger charge is 2.22. The Balaban J connectivity index is 0.00000200. The van der Waals surface area contributed by atoms with Gasteiger partial charge in [0, 0.05) is 31.2 Å². The van der Waals surface area contributed by atoms with Crippen molar-refractivity contribution in [1.29, 1.82) is 0 Å². The second-order valence-electron chi connectivity index (χ2n) is 5.39. The molecule has 4 nitrogen and oxygen atoms in total. The van der Waals surface area contributed by atoms with Crippen molar-refractivity contribution in [3.05, 3.63) is 30.3 Å². The molecule has 2 unspecified atom stereocenters. The largest absolute Gasteiger partial charge is 0.327 e. The molecule has 0 radical (unpaired) electrons. The highest BCUT2D eigenvalue weighted by molar-refractivity contribution is 5.90. The van der Waals surface area contributed by atoms with Crippen molar-refractivity contribution < 1.29 is 4.79 Å². The van der Waals surface area contributed by atoms with E-state index in [1.165, 1.54) is 0 Å². The Labute approximate surface area is 127 Å². The first kappa shape index (κ1) is 17.0. The van der Waals surface area contributed by atoms with Crippen LogP contribution in [0.2, 0.25) is 0 Å². The number of para-hydroxylation sites is 1. The zero-order chi connectivity index (χ0) is 13.7. The van der Waals surface area contributed by atoms with E-state index in [2.05, 4.69) is 17.1 Å². The molecule has 1 amide bonds. The standard InChI is InChI=1S/C15H23N3O.ClH/c1-12-11-18(9-7-14(12)16)10-8-15(19)17-13-5-3-2-4-6-13;/h2-6,12,14H,7-11,16H2,1H3,(H,17,19);1H. The van der Waals surface area contributed by atoms with Crippen LogP contribution in [-0.2, 0) is 4.79 Å². The van der Waals surface area contributed by atoms with E-state index in [1.807, 2.05) is 30.3 Å². The van der Waals surface area contributed by atoms with Crippen molar-refractivity contribution >= 4 is 24.0 Å². The van der Waals surface area contributed by atoms with Gasteiger partial charge in [0.2, 0.25) is 5.91 Å². The van der Waals surface area contributed by atoms with Gasteiger partial charge < -0.3 is 16.0 Å². The normalized spacial score (nSPS) is 22.9. The van der Waals surface area contributed by atoms with E-state index in [1.54, 1.807) is 0 Å². The number of benzene rings is 1. The van der Waals surface area contributed by atoms with Crippen LogP contribution in [0.15, 0.2) is 30.3 Å². The lowest BCUT2D eigenvalue weighted by Gasteiger charge is -2.34. The number of carbonyl (C=O) groups is 1. The van der Waals surface area contributed by atoms with Gasteiger partial charge in [-0.1, -0.05) is 25.1 Å². The summed E-state index contributed by atoms with van der Waals surface area (Å²) in [5, 5.41) is 2.91. The number of rotatable bonds is 4. The van der Waals surface area contributed by atoms with Gasteiger partial charge in [0.05, 0.1) is 0 Å². The Morgan fingerprint density at radius 2 is 2.10 bits per heavy atom. The van der Waals surface area contributed by atoms with E-state index in [0.29, 0.717) is 18.4 Å². The highest BCUT2D eigenvalue weighted by atomic mass is 35.5. The SMILES string of the molecule is CC1CN(CCC(=O)Nc2ccccc2)CCC1N.Cl. The minimum Gasteiger partial charge on any atom is -0.327 e. The lowest BCUT2D eigenvalue weighted by Crippen LogP contribution is -2.46. The van der Waals surface area contributed by atoms with Crippen LogP contribution in [0.5, 0.6) is 0 Å². The predicted octanol–water partition coefficient (Wildman–Crippen LogP) is 2.11. The van der Waals surface area contributed by atoms with Crippen LogP contribution in [-0.4, -0.2) is 36.5 Å². The Hall–Kier alpha value is -1.10. The van der Waals surface area contributed by atoms with Crippen LogP contribution in [0.25, 0.3) is 0 Å². The number of nitrogens with zero attached hydrogens (tertiary/aromatic N) is 1. The fraction of sp³-hybridized carbons (Fsp3) is 0.533. The molecule has 20 heavy (non-hydrogen) atoms. The molecule has 2 rings (SSSR count). The Morgan fingerprint density at radius 1 is 1.40 bits per heavy atom. The third kappa shape index (κ3) is 5.12. The van der Waals surface area contributed by atoms with Crippen LogP contribution < -0.4 is 11.1 Å². The molecule has 1 aromatic rings. The van der Waals surface area contributed by atoms with Crippen molar-refractivity contribution in [2.75, 3.05) is 25.0 Å². The second kappa shape index (κ2) is 8.25. The lowest BCUT2D eigenvalue weighted by molar-refractivity contribution is -0.116.